The first-order valence-electron chi connectivity index (χ1n) is 7.71. The van der Waals surface area contributed by atoms with Crippen molar-refractivity contribution in [3.63, 3.8) is 0 Å². The number of carbonyl (C=O) groups is 1. The summed E-state index contributed by atoms with van der Waals surface area (Å²) < 4.78 is 40.1. The third kappa shape index (κ3) is 4.56. The molecule has 24 heavy (non-hydrogen) atoms. The molecule has 1 unspecified atom stereocenters. The Morgan fingerprint density at radius 2 is 1.88 bits per heavy atom. The molecule has 5 nitrogen and oxygen atoms in total. The maximum absolute atomic E-state index is 12.3. The number of hydrogen-bond donors (Lipinski definition) is 0. The van der Waals surface area contributed by atoms with Crippen LogP contribution in [0, 0.1) is 0 Å². The molecule has 134 valence electrons. The topological polar surface area (TPSA) is 48.0 Å². The van der Waals surface area contributed by atoms with Crippen molar-refractivity contribution in [1.29, 1.82) is 0 Å². The predicted molar refractivity (Wildman–Crippen MR) is 83.9 cm³/mol. The van der Waals surface area contributed by atoms with Gasteiger partial charge in [-0.1, -0.05) is 12.1 Å². The minimum Gasteiger partial charge on any atom is -0.444 e. The van der Waals surface area contributed by atoms with E-state index in [1.165, 1.54) is 17.0 Å². The average molecular weight is 343 g/mol. The van der Waals surface area contributed by atoms with Gasteiger partial charge in [-0.05, 0) is 52.3 Å². The van der Waals surface area contributed by atoms with E-state index in [0.29, 0.717) is 6.54 Å². The van der Waals surface area contributed by atoms with Crippen LogP contribution in [0.1, 0.15) is 46.3 Å². The normalized spacial score (nSPS) is 20.3. The summed E-state index contributed by atoms with van der Waals surface area (Å²) in [5, 5.41) is 0. The number of benzene rings is 1. The molecule has 0 radical (unpaired) electrons. The zero-order valence-corrected chi connectivity index (χ0v) is 14.5. The first-order valence-corrected chi connectivity index (χ1v) is 7.71. The highest BCUT2D eigenvalue weighted by atomic mass is 19.3. The van der Waals surface area contributed by atoms with Crippen LogP contribution in [0.5, 0.6) is 5.75 Å². The maximum Gasteiger partial charge on any atom is 0.412 e. The van der Waals surface area contributed by atoms with Gasteiger partial charge in [0.15, 0.2) is 0 Å². The highest BCUT2D eigenvalue weighted by Gasteiger charge is 2.44. The molecule has 1 heterocycles. The molecule has 1 fully saturated rings. The van der Waals surface area contributed by atoms with E-state index in [4.69, 9.17) is 9.47 Å². The van der Waals surface area contributed by atoms with E-state index in [1.807, 2.05) is 0 Å². The van der Waals surface area contributed by atoms with Gasteiger partial charge in [0.05, 0.1) is 6.54 Å². The summed E-state index contributed by atoms with van der Waals surface area (Å²) in [4.78, 5) is 13.9. The van der Waals surface area contributed by atoms with Crippen LogP contribution in [0.15, 0.2) is 24.3 Å². The number of amides is 1. The number of nitrogens with zero attached hydrogens (tertiary/aromatic N) is 1. The van der Waals surface area contributed by atoms with Gasteiger partial charge in [0.1, 0.15) is 23.2 Å². The number of halogens is 2. The Morgan fingerprint density at radius 1 is 1.29 bits per heavy atom. The molecule has 1 aromatic carbocycles. The third-order valence-corrected chi connectivity index (χ3v) is 3.52. The highest BCUT2D eigenvalue weighted by Crippen LogP contribution is 2.37. The van der Waals surface area contributed by atoms with Crippen molar-refractivity contribution in [3.8, 4) is 5.75 Å². The molecule has 0 saturated carbocycles. The second kappa shape index (κ2) is 6.55. The van der Waals surface area contributed by atoms with Crippen molar-refractivity contribution < 1.29 is 27.8 Å². The summed E-state index contributed by atoms with van der Waals surface area (Å²) in [5.41, 5.74) is -0.652. The fourth-order valence-electron chi connectivity index (χ4n) is 2.48. The number of carbonyl (C=O) groups excluding carboxylic acids is 1. The first-order chi connectivity index (χ1) is 11.0. The van der Waals surface area contributed by atoms with Crippen molar-refractivity contribution in [1.82, 2.24) is 4.90 Å². The van der Waals surface area contributed by atoms with Gasteiger partial charge in [-0.15, -0.1) is 0 Å². The summed E-state index contributed by atoms with van der Waals surface area (Å²) in [6.07, 6.45) is -0.819. The number of rotatable bonds is 3. The van der Waals surface area contributed by atoms with Crippen LogP contribution in [-0.2, 0) is 9.47 Å². The molecule has 0 aliphatic carbocycles. The monoisotopic (exact) mass is 343 g/mol. The molecule has 1 saturated heterocycles. The Bertz CT molecular complexity index is 581. The minimum atomic E-state index is -2.86. The van der Waals surface area contributed by atoms with Crippen LogP contribution in [0.3, 0.4) is 0 Å². The second-order valence-corrected chi connectivity index (χ2v) is 7.09. The second-order valence-electron chi connectivity index (χ2n) is 7.09. The molecule has 0 spiro atoms. The number of ether oxygens (including phenoxy) is 3. The number of hydrogen-bond acceptors (Lipinski definition) is 4. The third-order valence-electron chi connectivity index (χ3n) is 3.52. The molecule has 1 amide bonds. The van der Waals surface area contributed by atoms with Crippen LogP contribution in [0.2, 0.25) is 0 Å². The summed E-state index contributed by atoms with van der Waals surface area (Å²) in [7, 11) is 0. The fraction of sp³-hybridized carbons (Fsp3) is 0.588. The van der Waals surface area contributed by atoms with E-state index in [-0.39, 0.29) is 11.9 Å². The quantitative estimate of drug-likeness (QED) is 0.819. The van der Waals surface area contributed by atoms with Crippen molar-refractivity contribution in [3.05, 3.63) is 29.8 Å². The van der Waals surface area contributed by atoms with Gasteiger partial charge in [0.25, 0.3) is 0 Å². The minimum absolute atomic E-state index is 0.0787. The van der Waals surface area contributed by atoms with Crippen LogP contribution < -0.4 is 4.74 Å². The lowest BCUT2D eigenvalue weighted by atomic mass is 10.1. The van der Waals surface area contributed by atoms with Gasteiger partial charge in [-0.25, -0.2) is 4.79 Å². The smallest absolute Gasteiger partial charge is 0.412 e. The van der Waals surface area contributed by atoms with E-state index >= 15 is 0 Å². The van der Waals surface area contributed by atoms with Gasteiger partial charge < -0.3 is 14.2 Å². The lowest BCUT2D eigenvalue weighted by Crippen LogP contribution is -2.46. The van der Waals surface area contributed by atoms with Gasteiger partial charge >= 0.3 is 12.7 Å². The zero-order valence-electron chi connectivity index (χ0n) is 14.5. The van der Waals surface area contributed by atoms with Crippen molar-refractivity contribution >= 4 is 6.09 Å². The Labute approximate surface area is 140 Å². The van der Waals surface area contributed by atoms with Crippen molar-refractivity contribution in [2.45, 2.75) is 58.7 Å². The van der Waals surface area contributed by atoms with Gasteiger partial charge in [-0.2, -0.15) is 8.78 Å². The van der Waals surface area contributed by atoms with Crippen molar-refractivity contribution in [2.75, 3.05) is 6.54 Å². The van der Waals surface area contributed by atoms with Crippen LogP contribution >= 0.6 is 0 Å². The van der Waals surface area contributed by atoms with Crippen LogP contribution in [-0.4, -0.2) is 35.5 Å². The SMILES string of the molecule is CC(C)(C)OC(=O)N1CC(c2ccc(OC(F)F)cc2)OC1(C)C. The molecule has 1 aliphatic rings. The lowest BCUT2D eigenvalue weighted by molar-refractivity contribution is -0.0789. The molecule has 0 bridgehead atoms. The number of alkyl halides is 2. The lowest BCUT2D eigenvalue weighted by Gasteiger charge is -2.31. The molecular weight excluding hydrogens is 320 g/mol. The van der Waals surface area contributed by atoms with E-state index in [2.05, 4.69) is 4.74 Å². The zero-order chi connectivity index (χ0) is 18.1. The molecule has 0 aromatic heterocycles. The van der Waals surface area contributed by atoms with Gasteiger partial charge in [0, 0.05) is 0 Å². The van der Waals surface area contributed by atoms with Crippen molar-refractivity contribution in [2.24, 2.45) is 0 Å². The largest absolute Gasteiger partial charge is 0.444 e. The molecule has 0 N–H and O–H groups in total. The Kier molecular flexibility index (Phi) is 5.03. The van der Waals surface area contributed by atoms with Crippen LogP contribution in [0.4, 0.5) is 13.6 Å². The van der Waals surface area contributed by atoms with Crippen LogP contribution in [0.25, 0.3) is 0 Å². The Hall–Kier alpha value is -1.89. The average Bonchev–Trinajstić information content (AvgIpc) is 2.73. The van der Waals surface area contributed by atoms with E-state index in [9.17, 15) is 13.6 Å². The molecule has 7 heteroatoms. The Balaban J connectivity index is 2.10. The molecule has 2 rings (SSSR count). The summed E-state index contributed by atoms with van der Waals surface area (Å²) in [6.45, 7) is 6.42. The predicted octanol–water partition coefficient (Wildman–Crippen LogP) is 4.33. The molecule has 1 aromatic rings. The Morgan fingerprint density at radius 3 is 2.38 bits per heavy atom. The fourth-order valence-corrected chi connectivity index (χ4v) is 2.48. The first kappa shape index (κ1) is 18.4. The van der Waals surface area contributed by atoms with E-state index in [0.717, 1.165) is 5.56 Å². The molecule has 1 atom stereocenters. The summed E-state index contributed by atoms with van der Waals surface area (Å²) >= 11 is 0. The molecular formula is C17H23F2NO4. The standard InChI is InChI=1S/C17H23F2NO4/c1-16(2,3)24-15(21)20-10-13(23-17(20,4)5)11-6-8-12(9-7-11)22-14(18)19/h6-9,13-14H,10H2,1-5H3. The summed E-state index contributed by atoms with van der Waals surface area (Å²) in [6, 6.07) is 6.20. The van der Waals surface area contributed by atoms with E-state index in [1.54, 1.807) is 46.8 Å². The molecule has 1 aliphatic heterocycles. The summed E-state index contributed by atoms with van der Waals surface area (Å²) in [5.74, 6) is 0.0787. The maximum atomic E-state index is 12.3. The highest BCUT2D eigenvalue weighted by molar-refractivity contribution is 5.69. The van der Waals surface area contributed by atoms with E-state index < -0.39 is 24.0 Å². The van der Waals surface area contributed by atoms with Gasteiger partial charge in [0.2, 0.25) is 0 Å². The van der Waals surface area contributed by atoms with Gasteiger partial charge in [-0.3, -0.25) is 4.90 Å².